The van der Waals surface area contributed by atoms with Crippen LogP contribution < -0.4 is 5.32 Å². The third-order valence-electron chi connectivity index (χ3n) is 2.12. The molecule has 4 heteroatoms. The van der Waals surface area contributed by atoms with Crippen molar-refractivity contribution in [3.05, 3.63) is 34.1 Å². The molecule has 1 N–H and O–H groups in total. The monoisotopic (exact) mass is 221 g/mol. The van der Waals surface area contributed by atoms with E-state index in [1.807, 2.05) is 0 Å². The SMILES string of the molecule is Cl.Fc1cc(Cl)c2c(c1)CNCC2. The van der Waals surface area contributed by atoms with Gasteiger partial charge in [-0.25, -0.2) is 4.39 Å². The molecule has 0 spiro atoms. The largest absolute Gasteiger partial charge is 0.312 e. The van der Waals surface area contributed by atoms with Crippen LogP contribution in [0.4, 0.5) is 4.39 Å². The molecule has 1 aliphatic rings. The van der Waals surface area contributed by atoms with E-state index in [1.54, 1.807) is 6.07 Å². The average Bonchev–Trinajstić information content (AvgIpc) is 2.04. The highest BCUT2D eigenvalue weighted by molar-refractivity contribution is 6.31. The number of hydrogen-bond acceptors (Lipinski definition) is 1. The minimum Gasteiger partial charge on any atom is -0.312 e. The Morgan fingerprint density at radius 2 is 2.15 bits per heavy atom. The van der Waals surface area contributed by atoms with Gasteiger partial charge in [-0.15, -0.1) is 12.4 Å². The lowest BCUT2D eigenvalue weighted by Gasteiger charge is -2.17. The summed E-state index contributed by atoms with van der Waals surface area (Å²) in [7, 11) is 0. The normalized spacial score (nSPS) is 14.6. The third-order valence-corrected chi connectivity index (χ3v) is 2.46. The number of benzene rings is 1. The molecular formula is C9H10Cl2FN. The van der Waals surface area contributed by atoms with E-state index >= 15 is 0 Å². The maximum atomic E-state index is 12.8. The standard InChI is InChI=1S/C9H9ClFN.ClH/c10-9-4-7(11)3-6-5-12-2-1-8(6)9;/h3-4,12H,1-2,5H2;1H. The van der Waals surface area contributed by atoms with E-state index in [1.165, 1.54) is 6.07 Å². The van der Waals surface area contributed by atoms with Crippen molar-refractivity contribution in [2.24, 2.45) is 0 Å². The number of fused-ring (bicyclic) bond motifs is 1. The van der Waals surface area contributed by atoms with E-state index in [0.29, 0.717) is 5.02 Å². The van der Waals surface area contributed by atoms with Crippen molar-refractivity contribution < 1.29 is 4.39 Å². The Kier molecular flexibility index (Phi) is 3.54. The lowest BCUT2D eigenvalue weighted by molar-refractivity contribution is 0.604. The summed E-state index contributed by atoms with van der Waals surface area (Å²) < 4.78 is 12.8. The number of nitrogens with one attached hydrogen (secondary N) is 1. The third kappa shape index (κ3) is 2.13. The van der Waals surface area contributed by atoms with Gasteiger partial charge in [-0.3, -0.25) is 0 Å². The molecule has 72 valence electrons. The number of hydrogen-bond donors (Lipinski definition) is 1. The molecule has 1 heterocycles. The Hall–Kier alpha value is -0.310. The lowest BCUT2D eigenvalue weighted by atomic mass is 10.0. The zero-order valence-electron chi connectivity index (χ0n) is 6.94. The molecule has 1 aromatic rings. The smallest absolute Gasteiger partial charge is 0.125 e. The molecule has 0 atom stereocenters. The zero-order valence-corrected chi connectivity index (χ0v) is 8.51. The molecule has 0 fully saturated rings. The van der Waals surface area contributed by atoms with Crippen molar-refractivity contribution in [3.8, 4) is 0 Å². The molecule has 13 heavy (non-hydrogen) atoms. The van der Waals surface area contributed by atoms with Gasteiger partial charge in [0, 0.05) is 11.6 Å². The summed E-state index contributed by atoms with van der Waals surface area (Å²) in [6.45, 7) is 1.66. The number of rotatable bonds is 0. The highest BCUT2D eigenvalue weighted by Crippen LogP contribution is 2.24. The fourth-order valence-electron chi connectivity index (χ4n) is 1.53. The quantitative estimate of drug-likeness (QED) is 0.711. The topological polar surface area (TPSA) is 12.0 Å². The summed E-state index contributed by atoms with van der Waals surface area (Å²) in [4.78, 5) is 0. The van der Waals surface area contributed by atoms with Gasteiger partial charge >= 0.3 is 0 Å². The van der Waals surface area contributed by atoms with Crippen molar-refractivity contribution in [1.29, 1.82) is 0 Å². The van der Waals surface area contributed by atoms with Crippen molar-refractivity contribution in [3.63, 3.8) is 0 Å². The minimum absolute atomic E-state index is 0. The molecule has 0 unspecified atom stereocenters. The van der Waals surface area contributed by atoms with Crippen LogP contribution in [0.15, 0.2) is 12.1 Å². The molecule has 0 amide bonds. The summed E-state index contributed by atoms with van der Waals surface area (Å²) >= 11 is 5.88. The van der Waals surface area contributed by atoms with Crippen molar-refractivity contribution >= 4 is 24.0 Å². The maximum absolute atomic E-state index is 12.8. The fraction of sp³-hybridized carbons (Fsp3) is 0.333. The van der Waals surface area contributed by atoms with Crippen molar-refractivity contribution in [2.75, 3.05) is 6.54 Å². The van der Waals surface area contributed by atoms with E-state index in [2.05, 4.69) is 5.32 Å². The van der Waals surface area contributed by atoms with Gasteiger partial charge in [0.05, 0.1) is 0 Å². The Bertz CT molecular complexity index is 315. The van der Waals surface area contributed by atoms with E-state index in [0.717, 1.165) is 30.6 Å². The molecule has 0 bridgehead atoms. The Morgan fingerprint density at radius 1 is 1.38 bits per heavy atom. The summed E-state index contributed by atoms with van der Waals surface area (Å²) in [5.41, 5.74) is 2.09. The van der Waals surface area contributed by atoms with E-state index in [-0.39, 0.29) is 18.2 Å². The summed E-state index contributed by atoms with van der Waals surface area (Å²) in [5, 5.41) is 3.73. The van der Waals surface area contributed by atoms with Crippen molar-refractivity contribution in [2.45, 2.75) is 13.0 Å². The molecular weight excluding hydrogens is 212 g/mol. The molecule has 0 saturated heterocycles. The average molecular weight is 222 g/mol. The van der Waals surface area contributed by atoms with Gasteiger partial charge in [0.25, 0.3) is 0 Å². The van der Waals surface area contributed by atoms with E-state index in [4.69, 9.17) is 11.6 Å². The first-order chi connectivity index (χ1) is 5.77. The van der Waals surface area contributed by atoms with Gasteiger partial charge in [-0.1, -0.05) is 11.6 Å². The van der Waals surface area contributed by atoms with Crippen LogP contribution in [0.25, 0.3) is 0 Å². The van der Waals surface area contributed by atoms with Gasteiger partial charge < -0.3 is 5.32 Å². The summed E-state index contributed by atoms with van der Waals surface area (Å²) in [6, 6.07) is 2.93. The maximum Gasteiger partial charge on any atom is 0.125 e. The Labute approximate surface area is 87.7 Å². The van der Waals surface area contributed by atoms with Gasteiger partial charge in [0.1, 0.15) is 5.82 Å². The van der Waals surface area contributed by atoms with Crippen LogP contribution in [-0.2, 0) is 13.0 Å². The molecule has 1 aromatic carbocycles. The summed E-state index contributed by atoms with van der Waals surface area (Å²) in [5.74, 6) is -0.248. The van der Waals surface area contributed by atoms with Crippen LogP contribution in [0.2, 0.25) is 5.02 Å². The predicted octanol–water partition coefficient (Wildman–Crippen LogP) is 2.55. The Balaban J connectivity index is 0.000000845. The first-order valence-electron chi connectivity index (χ1n) is 3.95. The van der Waals surface area contributed by atoms with Crippen LogP contribution in [-0.4, -0.2) is 6.54 Å². The fourth-order valence-corrected chi connectivity index (χ4v) is 1.85. The van der Waals surface area contributed by atoms with Gasteiger partial charge in [0.15, 0.2) is 0 Å². The van der Waals surface area contributed by atoms with Gasteiger partial charge in [-0.05, 0) is 36.2 Å². The molecule has 0 saturated carbocycles. The highest BCUT2D eigenvalue weighted by atomic mass is 35.5. The minimum atomic E-state index is -0.248. The molecule has 0 radical (unpaired) electrons. The number of halogens is 3. The van der Waals surface area contributed by atoms with Gasteiger partial charge in [0.2, 0.25) is 0 Å². The lowest BCUT2D eigenvalue weighted by Crippen LogP contribution is -2.23. The molecule has 0 aromatic heterocycles. The Morgan fingerprint density at radius 3 is 2.92 bits per heavy atom. The molecule has 1 nitrogen and oxygen atoms in total. The second-order valence-electron chi connectivity index (χ2n) is 2.95. The molecule has 1 aliphatic heterocycles. The van der Waals surface area contributed by atoms with Crippen LogP contribution in [0, 0.1) is 5.82 Å². The van der Waals surface area contributed by atoms with Crippen LogP contribution >= 0.6 is 24.0 Å². The van der Waals surface area contributed by atoms with E-state index in [9.17, 15) is 4.39 Å². The molecule has 2 rings (SSSR count). The van der Waals surface area contributed by atoms with Crippen LogP contribution in [0.5, 0.6) is 0 Å². The second-order valence-corrected chi connectivity index (χ2v) is 3.36. The molecule has 0 aliphatic carbocycles. The van der Waals surface area contributed by atoms with E-state index < -0.39 is 0 Å². The predicted molar refractivity (Wildman–Crippen MR) is 54.1 cm³/mol. The first kappa shape index (κ1) is 10.8. The zero-order chi connectivity index (χ0) is 8.55. The van der Waals surface area contributed by atoms with Gasteiger partial charge in [-0.2, -0.15) is 0 Å². The second kappa shape index (κ2) is 4.27. The highest BCUT2D eigenvalue weighted by Gasteiger charge is 2.12. The van der Waals surface area contributed by atoms with Crippen LogP contribution in [0.1, 0.15) is 11.1 Å². The summed E-state index contributed by atoms with van der Waals surface area (Å²) in [6.07, 6.45) is 0.897. The van der Waals surface area contributed by atoms with Crippen molar-refractivity contribution in [1.82, 2.24) is 5.32 Å². The van der Waals surface area contributed by atoms with Crippen LogP contribution in [0.3, 0.4) is 0 Å². The first-order valence-corrected chi connectivity index (χ1v) is 4.32.